The van der Waals surface area contributed by atoms with E-state index in [1.54, 1.807) is 19.0 Å². The molecule has 13 heavy (non-hydrogen) atoms. The predicted octanol–water partition coefficient (Wildman–Crippen LogP) is -0.710. The van der Waals surface area contributed by atoms with E-state index in [9.17, 15) is 13.6 Å². The van der Waals surface area contributed by atoms with Gasteiger partial charge in [-0.05, 0) is 14.1 Å². The molecule has 0 aliphatic rings. The zero-order valence-corrected chi connectivity index (χ0v) is 7.63. The molecule has 0 aliphatic carbocycles. The largest absolute Gasteiger partial charge is 0.385 e. The number of hydrogen-bond donors (Lipinski definition) is 2. The number of aliphatic hydroxyl groups is 1. The number of aliphatic hydroxyl groups excluding tert-OH is 1. The van der Waals surface area contributed by atoms with Crippen molar-refractivity contribution < 1.29 is 18.7 Å². The van der Waals surface area contributed by atoms with Gasteiger partial charge in [-0.3, -0.25) is 4.79 Å². The van der Waals surface area contributed by atoms with Crippen LogP contribution >= 0.6 is 0 Å². The molecule has 0 bridgehead atoms. The number of carbonyl (C=O) groups is 1. The third-order valence-electron chi connectivity index (χ3n) is 1.26. The highest BCUT2D eigenvalue weighted by atomic mass is 19.3. The Balaban J connectivity index is 3.58. The van der Waals surface area contributed by atoms with Crippen LogP contribution in [-0.4, -0.2) is 55.6 Å². The van der Waals surface area contributed by atoms with Crippen molar-refractivity contribution >= 4 is 5.91 Å². The van der Waals surface area contributed by atoms with Crippen LogP contribution in [0.2, 0.25) is 0 Å². The van der Waals surface area contributed by atoms with Crippen LogP contribution in [0.5, 0.6) is 0 Å². The number of nitrogens with zero attached hydrogens (tertiary/aromatic N) is 1. The van der Waals surface area contributed by atoms with Gasteiger partial charge in [0.25, 0.3) is 6.43 Å². The van der Waals surface area contributed by atoms with Crippen LogP contribution in [0.15, 0.2) is 0 Å². The van der Waals surface area contributed by atoms with Crippen molar-refractivity contribution in [3.8, 4) is 0 Å². The fraction of sp³-hybridized carbons (Fsp3) is 0.857. The Bertz CT molecular complexity index is 165. The second-order valence-electron chi connectivity index (χ2n) is 2.94. The number of nitrogens with one attached hydrogen (secondary N) is 1. The van der Waals surface area contributed by atoms with Gasteiger partial charge in [-0.15, -0.1) is 0 Å². The predicted molar refractivity (Wildman–Crippen MR) is 43.6 cm³/mol. The van der Waals surface area contributed by atoms with E-state index in [-0.39, 0.29) is 12.5 Å². The van der Waals surface area contributed by atoms with Crippen molar-refractivity contribution in [1.82, 2.24) is 10.2 Å². The molecule has 1 unspecified atom stereocenters. The standard InChI is InChI=1S/C7H14F2N2O2/c1-11(2)4-6(13)10-3-5(12)7(8)9/h5,7,12H,3-4H2,1-2H3,(H,10,13). The van der Waals surface area contributed by atoms with Gasteiger partial charge in [0.05, 0.1) is 6.54 Å². The Morgan fingerprint density at radius 2 is 2.08 bits per heavy atom. The summed E-state index contributed by atoms with van der Waals surface area (Å²) < 4.78 is 23.5. The Morgan fingerprint density at radius 3 is 2.46 bits per heavy atom. The molecule has 0 saturated heterocycles. The van der Waals surface area contributed by atoms with E-state index in [1.165, 1.54) is 0 Å². The molecule has 0 aliphatic heterocycles. The van der Waals surface area contributed by atoms with E-state index < -0.39 is 19.1 Å². The van der Waals surface area contributed by atoms with Gasteiger partial charge in [0, 0.05) is 6.54 Å². The maximum Gasteiger partial charge on any atom is 0.265 e. The lowest BCUT2D eigenvalue weighted by molar-refractivity contribution is -0.122. The van der Waals surface area contributed by atoms with E-state index in [4.69, 9.17) is 5.11 Å². The first-order chi connectivity index (χ1) is 5.93. The minimum Gasteiger partial charge on any atom is -0.385 e. The summed E-state index contributed by atoms with van der Waals surface area (Å²) in [6.07, 6.45) is -4.61. The molecular weight excluding hydrogens is 182 g/mol. The lowest BCUT2D eigenvalue weighted by atomic mass is 10.3. The second kappa shape index (κ2) is 5.82. The summed E-state index contributed by atoms with van der Waals surface area (Å²) in [6, 6.07) is 0. The average molecular weight is 196 g/mol. The highest BCUT2D eigenvalue weighted by Crippen LogP contribution is 1.98. The van der Waals surface area contributed by atoms with E-state index >= 15 is 0 Å². The average Bonchev–Trinajstić information content (AvgIpc) is 1.98. The number of carbonyl (C=O) groups excluding carboxylic acids is 1. The van der Waals surface area contributed by atoms with Crippen LogP contribution in [-0.2, 0) is 4.79 Å². The molecule has 1 amide bonds. The van der Waals surface area contributed by atoms with Gasteiger partial charge in [-0.25, -0.2) is 8.78 Å². The van der Waals surface area contributed by atoms with Gasteiger partial charge in [0.1, 0.15) is 6.10 Å². The van der Waals surface area contributed by atoms with Crippen LogP contribution < -0.4 is 5.32 Å². The van der Waals surface area contributed by atoms with Crippen molar-refractivity contribution in [3.63, 3.8) is 0 Å². The van der Waals surface area contributed by atoms with Gasteiger partial charge in [-0.2, -0.15) is 0 Å². The monoisotopic (exact) mass is 196 g/mol. The summed E-state index contributed by atoms with van der Waals surface area (Å²) in [7, 11) is 3.37. The Hall–Kier alpha value is -0.750. The lowest BCUT2D eigenvalue weighted by Crippen LogP contribution is -2.39. The van der Waals surface area contributed by atoms with E-state index in [0.29, 0.717) is 0 Å². The molecule has 78 valence electrons. The number of halogens is 2. The maximum absolute atomic E-state index is 11.7. The summed E-state index contributed by atoms with van der Waals surface area (Å²) >= 11 is 0. The first-order valence-corrected chi connectivity index (χ1v) is 3.81. The fourth-order valence-corrected chi connectivity index (χ4v) is 0.651. The number of hydrogen-bond acceptors (Lipinski definition) is 3. The van der Waals surface area contributed by atoms with Crippen molar-refractivity contribution in [1.29, 1.82) is 0 Å². The molecule has 0 rings (SSSR count). The third-order valence-corrected chi connectivity index (χ3v) is 1.26. The molecule has 0 radical (unpaired) electrons. The SMILES string of the molecule is CN(C)CC(=O)NCC(O)C(F)F. The van der Waals surface area contributed by atoms with E-state index in [1.807, 2.05) is 0 Å². The summed E-state index contributed by atoms with van der Waals surface area (Å²) in [6.45, 7) is -0.291. The second-order valence-corrected chi connectivity index (χ2v) is 2.94. The fourth-order valence-electron chi connectivity index (χ4n) is 0.651. The first-order valence-electron chi connectivity index (χ1n) is 3.81. The Kier molecular flexibility index (Phi) is 5.48. The molecule has 2 N–H and O–H groups in total. The van der Waals surface area contributed by atoms with Gasteiger partial charge in [0.15, 0.2) is 0 Å². The molecule has 1 atom stereocenters. The van der Waals surface area contributed by atoms with Crippen molar-refractivity contribution in [3.05, 3.63) is 0 Å². The summed E-state index contributed by atoms with van der Waals surface area (Å²) in [5.74, 6) is -0.385. The molecule has 0 aromatic carbocycles. The van der Waals surface area contributed by atoms with Crippen molar-refractivity contribution in [2.45, 2.75) is 12.5 Å². The summed E-state index contributed by atoms with van der Waals surface area (Å²) in [4.78, 5) is 12.5. The van der Waals surface area contributed by atoms with E-state index in [2.05, 4.69) is 5.32 Å². The number of rotatable bonds is 5. The van der Waals surface area contributed by atoms with Crippen LogP contribution in [0.3, 0.4) is 0 Å². The molecule has 0 saturated carbocycles. The van der Waals surface area contributed by atoms with Gasteiger partial charge in [0.2, 0.25) is 5.91 Å². The molecule has 0 fully saturated rings. The van der Waals surface area contributed by atoms with E-state index in [0.717, 1.165) is 0 Å². The topological polar surface area (TPSA) is 52.6 Å². The van der Waals surface area contributed by atoms with Crippen LogP contribution in [0.1, 0.15) is 0 Å². The van der Waals surface area contributed by atoms with Gasteiger partial charge < -0.3 is 15.3 Å². The van der Waals surface area contributed by atoms with Crippen molar-refractivity contribution in [2.24, 2.45) is 0 Å². The van der Waals surface area contributed by atoms with Crippen LogP contribution in [0, 0.1) is 0 Å². The highest BCUT2D eigenvalue weighted by molar-refractivity contribution is 5.77. The molecule has 6 heteroatoms. The Morgan fingerprint density at radius 1 is 1.54 bits per heavy atom. The summed E-state index contributed by atoms with van der Waals surface area (Å²) in [5.41, 5.74) is 0. The van der Waals surface area contributed by atoms with Crippen molar-refractivity contribution in [2.75, 3.05) is 27.2 Å². The smallest absolute Gasteiger partial charge is 0.265 e. The molecule has 0 heterocycles. The molecule has 0 aromatic heterocycles. The van der Waals surface area contributed by atoms with Crippen LogP contribution in [0.4, 0.5) is 8.78 Å². The zero-order valence-electron chi connectivity index (χ0n) is 7.63. The Labute approximate surface area is 75.5 Å². The number of alkyl halides is 2. The maximum atomic E-state index is 11.7. The van der Waals surface area contributed by atoms with Crippen LogP contribution in [0.25, 0.3) is 0 Å². The van der Waals surface area contributed by atoms with Gasteiger partial charge >= 0.3 is 0 Å². The quantitative estimate of drug-likeness (QED) is 0.610. The first kappa shape index (κ1) is 12.2. The highest BCUT2D eigenvalue weighted by Gasteiger charge is 2.17. The minimum atomic E-state index is -2.82. The molecule has 0 aromatic rings. The minimum absolute atomic E-state index is 0.121. The van der Waals surface area contributed by atoms with Gasteiger partial charge in [-0.1, -0.05) is 0 Å². The molecular formula is C7H14F2N2O2. The lowest BCUT2D eigenvalue weighted by Gasteiger charge is -2.12. The third kappa shape index (κ3) is 6.41. The summed E-state index contributed by atoms with van der Waals surface area (Å²) in [5, 5.41) is 10.8. The molecule has 0 spiro atoms. The number of likely N-dealkylation sites (N-methyl/N-ethyl adjacent to an activating group) is 1. The number of amides is 1. The zero-order chi connectivity index (χ0) is 10.4. The molecule has 4 nitrogen and oxygen atoms in total. The normalized spacial score (nSPS) is 13.5.